The van der Waals surface area contributed by atoms with Crippen molar-refractivity contribution in [2.24, 2.45) is 0 Å². The zero-order valence-corrected chi connectivity index (χ0v) is 18.3. The van der Waals surface area contributed by atoms with Gasteiger partial charge >= 0.3 is 12.3 Å². The van der Waals surface area contributed by atoms with E-state index in [9.17, 15) is 14.9 Å². The van der Waals surface area contributed by atoms with Gasteiger partial charge in [0.2, 0.25) is 5.91 Å². The summed E-state index contributed by atoms with van der Waals surface area (Å²) < 4.78 is 20.3. The number of hydrogen-bond acceptors (Lipinski definition) is 5. The molecule has 0 radical (unpaired) electrons. The van der Waals surface area contributed by atoms with Crippen molar-refractivity contribution in [1.82, 2.24) is 14.8 Å². The number of carbonyl (C=O) groups excluding carboxylic acids is 2. The molecule has 2 aliphatic rings. The van der Waals surface area contributed by atoms with Gasteiger partial charge in [-0.2, -0.15) is 4.48 Å². The number of quaternary nitrogens is 1. The van der Waals surface area contributed by atoms with Crippen LogP contribution < -0.4 is 14.7 Å². The summed E-state index contributed by atoms with van der Waals surface area (Å²) in [4.78, 5) is 29.0. The Kier molecular flexibility index (Phi) is 6.38. The van der Waals surface area contributed by atoms with E-state index < -0.39 is 18.0 Å². The maximum Gasteiger partial charge on any atom is 0.414 e. The minimum absolute atomic E-state index is 0.124. The van der Waals surface area contributed by atoms with Gasteiger partial charge in [0, 0.05) is 38.1 Å². The van der Waals surface area contributed by atoms with Gasteiger partial charge in [-0.1, -0.05) is 11.6 Å². The van der Waals surface area contributed by atoms with Crippen LogP contribution in [0.5, 0.6) is 0 Å². The molecule has 1 aromatic heterocycles. The summed E-state index contributed by atoms with van der Waals surface area (Å²) in [7, 11) is 0. The minimum atomic E-state index is -0.594. The minimum Gasteiger partial charge on any atom is -0.442 e. The monoisotopic (exact) mass is 450 g/mol. The highest BCUT2D eigenvalue weighted by Gasteiger charge is 2.39. The van der Waals surface area contributed by atoms with E-state index in [1.807, 2.05) is 24.3 Å². The lowest BCUT2D eigenvalue weighted by Crippen LogP contribution is -2.49. The number of cyclic esters (lactones) is 1. The molecule has 9 heteroatoms. The first-order valence-electron chi connectivity index (χ1n) is 10.8. The van der Waals surface area contributed by atoms with Gasteiger partial charge in [0.25, 0.3) is 0 Å². The predicted molar refractivity (Wildman–Crippen MR) is 121 cm³/mol. The van der Waals surface area contributed by atoms with Crippen LogP contribution in [0.1, 0.15) is 25.5 Å². The Hall–Kier alpha value is -3.77. The van der Waals surface area contributed by atoms with Crippen molar-refractivity contribution in [3.05, 3.63) is 59.7 Å². The van der Waals surface area contributed by atoms with Crippen LogP contribution in [-0.2, 0) is 9.53 Å². The first-order chi connectivity index (χ1) is 15.9. The second-order valence-corrected chi connectivity index (χ2v) is 8.26. The molecule has 8 nitrogen and oxygen atoms in total. The highest BCUT2D eigenvalue weighted by atomic mass is 19.1. The Morgan fingerprint density at radius 2 is 2.15 bits per heavy atom. The summed E-state index contributed by atoms with van der Waals surface area (Å²) in [5.41, 5.74) is 2.70. The molecule has 1 aromatic carbocycles. The van der Waals surface area contributed by atoms with Gasteiger partial charge < -0.3 is 10.1 Å². The molecule has 0 saturated carbocycles. The molecule has 2 aliphatic heterocycles. The van der Waals surface area contributed by atoms with Crippen LogP contribution in [0.15, 0.2) is 48.2 Å². The Morgan fingerprint density at radius 1 is 1.36 bits per heavy atom. The van der Waals surface area contributed by atoms with Crippen molar-refractivity contribution in [2.45, 2.75) is 25.9 Å². The zero-order chi connectivity index (χ0) is 23.4. The Balaban J connectivity index is 1.48. The first-order valence-corrected chi connectivity index (χ1v) is 10.8. The normalized spacial score (nSPS) is 22.5. The smallest absolute Gasteiger partial charge is 0.414 e. The third-order valence-corrected chi connectivity index (χ3v) is 6.02. The lowest BCUT2D eigenvalue weighted by atomic mass is 9.99. The zero-order valence-electron chi connectivity index (χ0n) is 18.3. The number of halogens is 1. The van der Waals surface area contributed by atoms with E-state index in [4.69, 9.17) is 4.74 Å². The number of hydrogen-bond donors (Lipinski definition) is 1. The molecule has 1 N–H and O–H groups in total. The number of nitriles is 1. The Morgan fingerprint density at radius 3 is 2.79 bits per heavy atom. The van der Waals surface area contributed by atoms with Gasteiger partial charge in [-0.15, -0.1) is 5.26 Å². The maximum atomic E-state index is 15.2. The van der Waals surface area contributed by atoms with Gasteiger partial charge in [0.05, 0.1) is 24.5 Å². The molecular formula is C24H25FN5O3+. The van der Waals surface area contributed by atoms with Gasteiger partial charge in [0.1, 0.15) is 19.2 Å². The number of amides is 2. The van der Waals surface area contributed by atoms with Gasteiger partial charge in [-0.3, -0.25) is 14.7 Å². The number of likely N-dealkylation sites (tertiary alicyclic amines) is 1. The fourth-order valence-corrected chi connectivity index (χ4v) is 4.22. The van der Waals surface area contributed by atoms with Gasteiger partial charge in [-0.25, -0.2) is 9.18 Å². The second kappa shape index (κ2) is 9.38. The molecule has 33 heavy (non-hydrogen) atoms. The molecule has 2 amide bonds. The summed E-state index contributed by atoms with van der Waals surface area (Å²) in [5, 5.41) is 12.6. The quantitative estimate of drug-likeness (QED) is 0.557. The van der Waals surface area contributed by atoms with E-state index in [1.54, 1.807) is 18.3 Å². The van der Waals surface area contributed by atoms with Crippen molar-refractivity contribution < 1.29 is 18.7 Å². The van der Waals surface area contributed by atoms with Gasteiger partial charge in [0.15, 0.2) is 11.5 Å². The van der Waals surface area contributed by atoms with Crippen LogP contribution in [0.25, 0.3) is 6.08 Å². The predicted octanol–water partition coefficient (Wildman–Crippen LogP) is 3.35. The number of benzene rings is 1. The average molecular weight is 450 g/mol. The fourth-order valence-electron chi connectivity index (χ4n) is 4.22. The standard InChI is InChI=1S/C24H24FN5O3/c1-17(31)28-14-21-15-29(24(32)33-21)20-5-6-23(22(25)13-20)30(16-26)10-7-18(8-11-30)12-19-4-2-3-9-27-19/h2-6,9,12-13,21H,7-8,10-11,14-15H2,1H3/p+1/t21-,30?/m0/s1. The molecular weight excluding hydrogens is 425 g/mol. The molecule has 2 saturated heterocycles. The summed E-state index contributed by atoms with van der Waals surface area (Å²) in [6, 6.07) is 10.2. The molecule has 0 spiro atoms. The molecule has 0 aliphatic carbocycles. The lowest BCUT2D eigenvalue weighted by molar-refractivity contribution is -0.119. The Bertz CT molecular complexity index is 1120. The van der Waals surface area contributed by atoms with Crippen LogP contribution in [0, 0.1) is 17.3 Å². The number of pyridine rings is 1. The van der Waals surface area contributed by atoms with E-state index in [1.165, 1.54) is 23.5 Å². The van der Waals surface area contributed by atoms with Crippen molar-refractivity contribution in [1.29, 1.82) is 5.26 Å². The van der Waals surface area contributed by atoms with Crippen molar-refractivity contribution >= 4 is 29.5 Å². The summed E-state index contributed by atoms with van der Waals surface area (Å²) in [6.45, 7) is 2.69. The molecule has 3 heterocycles. The lowest BCUT2D eigenvalue weighted by Gasteiger charge is -2.34. The van der Waals surface area contributed by atoms with E-state index in [0.29, 0.717) is 37.3 Å². The molecule has 0 bridgehead atoms. The van der Waals surface area contributed by atoms with Crippen LogP contribution in [0.2, 0.25) is 0 Å². The molecule has 2 fully saturated rings. The second-order valence-electron chi connectivity index (χ2n) is 8.26. The van der Waals surface area contributed by atoms with Gasteiger partial charge in [-0.05, 0) is 24.3 Å². The number of ether oxygens (including phenoxy) is 1. The summed E-state index contributed by atoms with van der Waals surface area (Å²) >= 11 is 0. The average Bonchev–Trinajstić information content (AvgIpc) is 3.19. The molecule has 0 unspecified atom stereocenters. The van der Waals surface area contributed by atoms with Crippen LogP contribution in [-0.4, -0.2) is 49.3 Å². The van der Waals surface area contributed by atoms with Crippen LogP contribution in [0.3, 0.4) is 0 Å². The fraction of sp³-hybridized carbons (Fsp3) is 0.333. The summed E-state index contributed by atoms with van der Waals surface area (Å²) in [5.74, 6) is -0.755. The number of rotatable bonds is 5. The third-order valence-electron chi connectivity index (χ3n) is 6.02. The largest absolute Gasteiger partial charge is 0.442 e. The SMILES string of the molecule is CC(=O)NC[C@H]1CN(c2ccc([N+]3(C#N)CCC(=Cc4ccccn4)CC3)c(F)c2)C(=O)O1. The topological polar surface area (TPSA) is 95.3 Å². The summed E-state index contributed by atoms with van der Waals surface area (Å²) in [6.07, 6.45) is 6.29. The number of nitrogens with one attached hydrogen (secondary N) is 1. The molecule has 2 aromatic rings. The Labute approximate surface area is 191 Å². The first kappa shape index (κ1) is 22.4. The van der Waals surface area contributed by atoms with Crippen molar-refractivity contribution in [2.75, 3.05) is 31.1 Å². The van der Waals surface area contributed by atoms with E-state index in [2.05, 4.69) is 16.5 Å². The van der Waals surface area contributed by atoms with Crippen LogP contribution >= 0.6 is 0 Å². The molecule has 1 atom stereocenters. The van der Waals surface area contributed by atoms with Crippen LogP contribution in [0.4, 0.5) is 20.6 Å². The number of piperidine rings is 1. The van der Waals surface area contributed by atoms with Crippen molar-refractivity contribution in [3.63, 3.8) is 0 Å². The van der Waals surface area contributed by atoms with E-state index in [-0.39, 0.29) is 23.5 Å². The number of aromatic nitrogens is 1. The van der Waals surface area contributed by atoms with E-state index >= 15 is 4.39 Å². The molecule has 4 rings (SSSR count). The maximum absolute atomic E-state index is 15.2. The number of anilines is 1. The van der Waals surface area contributed by atoms with Crippen molar-refractivity contribution in [3.8, 4) is 6.19 Å². The highest BCUT2D eigenvalue weighted by molar-refractivity contribution is 5.90. The third kappa shape index (κ3) is 4.86. The van der Waals surface area contributed by atoms with E-state index in [0.717, 1.165) is 5.69 Å². The number of nitrogens with zero attached hydrogens (tertiary/aromatic N) is 4. The number of carbonyl (C=O) groups is 2. The molecule has 170 valence electrons. The highest BCUT2D eigenvalue weighted by Crippen LogP contribution is 2.35.